The van der Waals surface area contributed by atoms with Gasteiger partial charge < -0.3 is 15.0 Å². The lowest BCUT2D eigenvalue weighted by Gasteiger charge is -1.98. The van der Waals surface area contributed by atoms with E-state index in [9.17, 15) is 4.79 Å². The number of hydrogen-bond acceptors (Lipinski definition) is 3. The Kier molecular flexibility index (Phi) is 6.59. The third kappa shape index (κ3) is 8.74. The summed E-state index contributed by atoms with van der Waals surface area (Å²) in [6.45, 7) is 2.67. The molecule has 0 spiro atoms. The van der Waals surface area contributed by atoms with Gasteiger partial charge in [0.15, 0.2) is 0 Å². The van der Waals surface area contributed by atoms with E-state index in [-0.39, 0.29) is 11.5 Å². The predicted octanol–water partition coefficient (Wildman–Crippen LogP) is 2.00. The highest BCUT2D eigenvalue weighted by atomic mass is 16.4. The number of phenolic OH excluding ortho intramolecular Hbond substituents is 1. The number of carbonyl (C=O) groups is 2. The van der Waals surface area contributed by atoms with Gasteiger partial charge in [-0.2, -0.15) is 0 Å². The van der Waals surface area contributed by atoms with Crippen LogP contribution in [0.2, 0.25) is 0 Å². The minimum absolute atomic E-state index is 0.197. The molecule has 0 saturated heterocycles. The molecule has 88 valence electrons. The van der Waals surface area contributed by atoms with E-state index in [0.29, 0.717) is 6.42 Å². The standard InChI is InChI=1S/C10H12O2.C2H4O2/c1-8(11)2-3-9-4-6-10(12)7-5-9;1-2(3)4/h4-7,12H,2-3H2,1H3;1H3,(H,3,4). The molecule has 0 aliphatic carbocycles. The zero-order valence-corrected chi connectivity index (χ0v) is 9.43. The fraction of sp³-hybridized carbons (Fsp3) is 0.333. The highest BCUT2D eigenvalue weighted by Crippen LogP contribution is 2.10. The largest absolute Gasteiger partial charge is 0.508 e. The van der Waals surface area contributed by atoms with Gasteiger partial charge in [0.05, 0.1) is 0 Å². The number of hydrogen-bond donors (Lipinski definition) is 2. The molecule has 4 nitrogen and oxygen atoms in total. The summed E-state index contributed by atoms with van der Waals surface area (Å²) in [5, 5.41) is 16.4. The van der Waals surface area contributed by atoms with E-state index >= 15 is 0 Å². The molecule has 16 heavy (non-hydrogen) atoms. The van der Waals surface area contributed by atoms with E-state index in [2.05, 4.69) is 0 Å². The van der Waals surface area contributed by atoms with Gasteiger partial charge >= 0.3 is 0 Å². The van der Waals surface area contributed by atoms with Crippen molar-refractivity contribution < 1.29 is 19.8 Å². The Morgan fingerprint density at radius 3 is 1.94 bits per heavy atom. The molecule has 1 aromatic carbocycles. The van der Waals surface area contributed by atoms with Gasteiger partial charge in [-0.3, -0.25) is 4.79 Å². The SMILES string of the molecule is CC(=O)CCc1ccc(O)cc1.CC(=O)O. The van der Waals surface area contributed by atoms with Crippen molar-refractivity contribution in [2.45, 2.75) is 26.7 Å². The molecule has 0 aliphatic rings. The average Bonchev–Trinajstić information content (AvgIpc) is 2.16. The van der Waals surface area contributed by atoms with E-state index in [4.69, 9.17) is 15.0 Å². The molecule has 0 aliphatic heterocycles. The van der Waals surface area contributed by atoms with Crippen LogP contribution in [0.3, 0.4) is 0 Å². The molecule has 2 N–H and O–H groups in total. The number of carboxylic acids is 1. The van der Waals surface area contributed by atoms with Crippen molar-refractivity contribution in [3.63, 3.8) is 0 Å². The zero-order chi connectivity index (χ0) is 12.6. The van der Waals surface area contributed by atoms with Crippen LogP contribution < -0.4 is 0 Å². The van der Waals surface area contributed by atoms with Crippen LogP contribution in [0.1, 0.15) is 25.8 Å². The van der Waals surface area contributed by atoms with Crippen LogP contribution in [0.15, 0.2) is 24.3 Å². The van der Waals surface area contributed by atoms with Crippen LogP contribution in [0.4, 0.5) is 0 Å². The van der Waals surface area contributed by atoms with Gasteiger partial charge in [0.25, 0.3) is 5.97 Å². The Morgan fingerprint density at radius 1 is 1.12 bits per heavy atom. The predicted molar refractivity (Wildman–Crippen MR) is 60.4 cm³/mol. The van der Waals surface area contributed by atoms with Gasteiger partial charge in [0.2, 0.25) is 0 Å². The maximum atomic E-state index is 10.6. The summed E-state index contributed by atoms with van der Waals surface area (Å²) in [5.41, 5.74) is 1.09. The Bertz CT molecular complexity index is 337. The number of carbonyl (C=O) groups excluding carboxylic acids is 1. The topological polar surface area (TPSA) is 74.6 Å². The molecule has 0 fully saturated rings. The minimum atomic E-state index is -0.833. The molecule has 1 aromatic rings. The summed E-state index contributed by atoms with van der Waals surface area (Å²) >= 11 is 0. The first-order valence-corrected chi connectivity index (χ1v) is 4.88. The van der Waals surface area contributed by atoms with Crippen LogP contribution in [0.5, 0.6) is 5.75 Å². The summed E-state index contributed by atoms with van der Waals surface area (Å²) in [5.74, 6) is -0.371. The average molecular weight is 224 g/mol. The molecule has 0 atom stereocenters. The summed E-state index contributed by atoms with van der Waals surface area (Å²) in [7, 11) is 0. The molecule has 0 heterocycles. The van der Waals surface area contributed by atoms with Crippen molar-refractivity contribution in [1.29, 1.82) is 0 Å². The van der Waals surface area contributed by atoms with Crippen molar-refractivity contribution in [2.75, 3.05) is 0 Å². The number of aryl methyl sites for hydroxylation is 1. The van der Waals surface area contributed by atoms with Gasteiger partial charge in [-0.05, 0) is 31.0 Å². The molecule has 0 radical (unpaired) electrons. The first-order valence-electron chi connectivity index (χ1n) is 4.88. The van der Waals surface area contributed by atoms with E-state index < -0.39 is 5.97 Å². The molecule has 0 unspecified atom stereocenters. The number of ketones is 1. The highest BCUT2D eigenvalue weighted by Gasteiger charge is 1.96. The van der Waals surface area contributed by atoms with Gasteiger partial charge in [0, 0.05) is 13.3 Å². The van der Waals surface area contributed by atoms with Crippen molar-refractivity contribution in [1.82, 2.24) is 0 Å². The van der Waals surface area contributed by atoms with E-state index in [0.717, 1.165) is 18.9 Å². The summed E-state index contributed by atoms with van der Waals surface area (Å²) < 4.78 is 0. The van der Waals surface area contributed by atoms with Crippen molar-refractivity contribution in [3.8, 4) is 5.75 Å². The number of carboxylic acid groups (broad SMARTS) is 1. The molecule has 4 heteroatoms. The second-order valence-electron chi connectivity index (χ2n) is 3.39. The van der Waals surface area contributed by atoms with Gasteiger partial charge in [-0.25, -0.2) is 0 Å². The lowest BCUT2D eigenvalue weighted by molar-refractivity contribution is -0.134. The van der Waals surface area contributed by atoms with Crippen molar-refractivity contribution in [3.05, 3.63) is 29.8 Å². The van der Waals surface area contributed by atoms with Crippen molar-refractivity contribution >= 4 is 11.8 Å². The van der Waals surface area contributed by atoms with Gasteiger partial charge in [-0.1, -0.05) is 12.1 Å². The molecule has 0 aromatic heterocycles. The number of aromatic hydroxyl groups is 1. The number of aliphatic carboxylic acids is 1. The Hall–Kier alpha value is -1.84. The maximum Gasteiger partial charge on any atom is 0.300 e. The second-order valence-corrected chi connectivity index (χ2v) is 3.39. The number of phenols is 1. The van der Waals surface area contributed by atoms with Gasteiger partial charge in [-0.15, -0.1) is 0 Å². The van der Waals surface area contributed by atoms with Crippen LogP contribution in [0.25, 0.3) is 0 Å². The second kappa shape index (κ2) is 7.45. The molecule has 1 rings (SSSR count). The first-order chi connectivity index (χ1) is 7.41. The number of rotatable bonds is 3. The molecular weight excluding hydrogens is 208 g/mol. The van der Waals surface area contributed by atoms with E-state index in [1.165, 1.54) is 0 Å². The van der Waals surface area contributed by atoms with Gasteiger partial charge in [0.1, 0.15) is 11.5 Å². The van der Waals surface area contributed by atoms with Crippen molar-refractivity contribution in [2.24, 2.45) is 0 Å². The first kappa shape index (κ1) is 14.2. The Balaban J connectivity index is 0.000000487. The maximum absolute atomic E-state index is 10.6. The summed E-state index contributed by atoms with van der Waals surface area (Å²) in [6, 6.07) is 6.93. The van der Waals surface area contributed by atoms with E-state index in [1.54, 1.807) is 19.1 Å². The lowest BCUT2D eigenvalue weighted by atomic mass is 10.1. The third-order valence-corrected chi connectivity index (χ3v) is 1.70. The number of Topliss-reactive ketones (excluding diaryl/α,β-unsaturated/α-hetero) is 1. The van der Waals surface area contributed by atoms with Crippen LogP contribution in [0, 0.1) is 0 Å². The molecule has 0 bridgehead atoms. The zero-order valence-electron chi connectivity index (χ0n) is 9.43. The summed E-state index contributed by atoms with van der Waals surface area (Å²) in [6.07, 6.45) is 1.33. The smallest absolute Gasteiger partial charge is 0.300 e. The quantitative estimate of drug-likeness (QED) is 0.823. The van der Waals surface area contributed by atoms with Crippen LogP contribution in [-0.4, -0.2) is 22.0 Å². The monoisotopic (exact) mass is 224 g/mol. The Labute approximate surface area is 94.5 Å². The fourth-order valence-corrected chi connectivity index (χ4v) is 0.983. The summed E-state index contributed by atoms with van der Waals surface area (Å²) in [4.78, 5) is 19.6. The molecular formula is C12H16O4. The Morgan fingerprint density at radius 2 is 1.56 bits per heavy atom. The normalized spacial score (nSPS) is 8.88. The molecule has 0 saturated carbocycles. The van der Waals surface area contributed by atoms with Crippen LogP contribution >= 0.6 is 0 Å². The van der Waals surface area contributed by atoms with E-state index in [1.807, 2.05) is 12.1 Å². The number of benzene rings is 1. The fourth-order valence-electron chi connectivity index (χ4n) is 0.983. The lowest BCUT2D eigenvalue weighted by Crippen LogP contribution is -1.93. The molecule has 0 amide bonds. The van der Waals surface area contributed by atoms with Crippen LogP contribution in [-0.2, 0) is 16.0 Å². The highest BCUT2D eigenvalue weighted by molar-refractivity contribution is 5.75. The third-order valence-electron chi connectivity index (χ3n) is 1.70. The minimum Gasteiger partial charge on any atom is -0.508 e.